The summed E-state index contributed by atoms with van der Waals surface area (Å²) >= 11 is 0. The number of rotatable bonds is 6. The van der Waals surface area contributed by atoms with Crippen LogP contribution in [0.4, 0.5) is 4.39 Å². The fourth-order valence-electron chi connectivity index (χ4n) is 6.00. The van der Waals surface area contributed by atoms with Crippen molar-refractivity contribution in [2.45, 2.75) is 56.1 Å². The third-order valence-electron chi connectivity index (χ3n) is 8.40. The average Bonchev–Trinajstić information content (AvgIpc) is 3.44. The molecule has 3 saturated heterocycles. The molecule has 4 fully saturated rings. The highest BCUT2D eigenvalue weighted by Gasteiger charge is 2.54. The number of nitrogens with zero attached hydrogens (tertiary/aromatic N) is 4. The molecule has 2 aromatic rings. The van der Waals surface area contributed by atoms with Crippen LogP contribution >= 0.6 is 0 Å². The number of nitrogens with one attached hydrogen (secondary N) is 2. The zero-order chi connectivity index (χ0) is 25.6. The van der Waals surface area contributed by atoms with Crippen molar-refractivity contribution in [3.63, 3.8) is 0 Å². The molecule has 1 aliphatic carbocycles. The molecule has 10 nitrogen and oxygen atoms in total. The molecule has 198 valence electrons. The number of halogens is 1. The summed E-state index contributed by atoms with van der Waals surface area (Å²) in [5.74, 6) is -0.422. The maximum absolute atomic E-state index is 14.3. The molecule has 6 rings (SSSR count). The molecule has 0 radical (unpaired) electrons. The minimum Gasteiger partial charge on any atom is -0.481 e. The number of hydrogen-bond acceptors (Lipinski definition) is 7. The lowest BCUT2D eigenvalue weighted by atomic mass is 9.87. The van der Waals surface area contributed by atoms with Crippen molar-refractivity contribution in [2.24, 2.45) is 5.92 Å². The van der Waals surface area contributed by atoms with Gasteiger partial charge in [-0.05, 0) is 51.1 Å². The summed E-state index contributed by atoms with van der Waals surface area (Å²) in [7, 11) is 1.46. The fourth-order valence-corrected chi connectivity index (χ4v) is 6.00. The smallest absolute Gasteiger partial charge is 0.272 e. The van der Waals surface area contributed by atoms with Gasteiger partial charge in [-0.2, -0.15) is 5.10 Å². The number of ether oxygens (including phenoxy) is 2. The molecule has 2 atom stereocenters. The summed E-state index contributed by atoms with van der Waals surface area (Å²) in [6.45, 7) is 4.05. The Hall–Kier alpha value is -3.05. The lowest BCUT2D eigenvalue weighted by Gasteiger charge is -2.43. The van der Waals surface area contributed by atoms with Gasteiger partial charge in [0, 0.05) is 42.2 Å². The Morgan fingerprint density at radius 3 is 2.81 bits per heavy atom. The van der Waals surface area contributed by atoms with E-state index in [1.807, 2.05) is 4.90 Å². The molecule has 2 aromatic heterocycles. The van der Waals surface area contributed by atoms with Crippen LogP contribution in [0.25, 0.3) is 11.3 Å². The number of aromatic nitrogens is 3. The molecule has 1 saturated carbocycles. The predicted octanol–water partition coefficient (Wildman–Crippen LogP) is 1.98. The Balaban J connectivity index is 1.09. The van der Waals surface area contributed by atoms with Crippen LogP contribution in [0.1, 0.15) is 49.0 Å². The van der Waals surface area contributed by atoms with Crippen molar-refractivity contribution >= 4 is 11.8 Å². The molecule has 2 unspecified atom stereocenters. The van der Waals surface area contributed by atoms with Gasteiger partial charge in [-0.25, -0.2) is 9.37 Å². The molecule has 0 bridgehead atoms. The number of piperidine rings is 2. The van der Waals surface area contributed by atoms with Crippen LogP contribution in [-0.4, -0.2) is 94.4 Å². The molecule has 5 heterocycles. The largest absolute Gasteiger partial charge is 0.481 e. The van der Waals surface area contributed by atoms with Crippen molar-refractivity contribution < 1.29 is 23.5 Å². The summed E-state index contributed by atoms with van der Waals surface area (Å²) in [4.78, 5) is 34.8. The molecule has 2 amide bonds. The first kappa shape index (κ1) is 24.3. The van der Waals surface area contributed by atoms with Gasteiger partial charge in [0.15, 0.2) is 5.82 Å². The van der Waals surface area contributed by atoms with E-state index < -0.39 is 5.82 Å². The predicted molar refractivity (Wildman–Crippen MR) is 131 cm³/mol. The van der Waals surface area contributed by atoms with E-state index in [2.05, 4.69) is 25.4 Å². The van der Waals surface area contributed by atoms with Crippen molar-refractivity contribution in [1.29, 1.82) is 0 Å². The molecule has 2 N–H and O–H groups in total. The highest BCUT2D eigenvalue weighted by molar-refractivity contribution is 5.94. The van der Waals surface area contributed by atoms with Crippen molar-refractivity contribution in [2.75, 3.05) is 40.0 Å². The van der Waals surface area contributed by atoms with Crippen LogP contribution in [0.3, 0.4) is 0 Å². The number of amides is 2. The van der Waals surface area contributed by atoms with Crippen molar-refractivity contribution in [3.8, 4) is 17.1 Å². The van der Waals surface area contributed by atoms with Gasteiger partial charge < -0.3 is 19.7 Å². The van der Waals surface area contributed by atoms with E-state index in [1.54, 1.807) is 6.07 Å². The van der Waals surface area contributed by atoms with E-state index >= 15 is 0 Å². The topological polar surface area (TPSA) is 113 Å². The zero-order valence-corrected chi connectivity index (χ0v) is 21.0. The summed E-state index contributed by atoms with van der Waals surface area (Å²) in [6, 6.07) is 3.69. The average molecular weight is 513 g/mol. The minimum absolute atomic E-state index is 0.0929. The Morgan fingerprint density at radius 2 is 2.08 bits per heavy atom. The highest BCUT2D eigenvalue weighted by atomic mass is 19.1. The van der Waals surface area contributed by atoms with E-state index in [9.17, 15) is 14.0 Å². The van der Waals surface area contributed by atoms with E-state index in [4.69, 9.17) is 9.47 Å². The Labute approximate surface area is 214 Å². The molecule has 4 aliphatic rings. The standard InChI is InChI=1S/C26H33FN6O4/c1-36-23-9-19(20(27)12-28-23)21-10-22(31-30-21)25(35)33-8-4-16(11-26(33)5-6-26)24(34)29-17-3-2-7-32(13-17)18-14-37-15-18/h9-10,12,16-18H,2-8,11,13-15H2,1H3,(H,29,34)(H,30,31). The molecule has 37 heavy (non-hydrogen) atoms. The Kier molecular flexibility index (Phi) is 6.36. The number of pyridine rings is 1. The van der Waals surface area contributed by atoms with Crippen molar-refractivity contribution in [1.82, 2.24) is 30.3 Å². The second-order valence-corrected chi connectivity index (χ2v) is 10.8. The van der Waals surface area contributed by atoms with Gasteiger partial charge in [0.2, 0.25) is 11.8 Å². The lowest BCUT2D eigenvalue weighted by molar-refractivity contribution is -0.129. The third kappa shape index (κ3) is 4.70. The Bertz CT molecular complexity index is 1180. The van der Waals surface area contributed by atoms with Crippen LogP contribution in [0.2, 0.25) is 0 Å². The van der Waals surface area contributed by atoms with Crippen molar-refractivity contribution in [3.05, 3.63) is 29.8 Å². The van der Waals surface area contributed by atoms with E-state index in [1.165, 1.54) is 13.2 Å². The van der Waals surface area contributed by atoms with Crippen LogP contribution in [-0.2, 0) is 9.53 Å². The number of carbonyl (C=O) groups excluding carboxylic acids is 2. The van der Waals surface area contributed by atoms with Gasteiger partial charge in [-0.1, -0.05) is 0 Å². The number of likely N-dealkylation sites (tertiary alicyclic amines) is 2. The third-order valence-corrected chi connectivity index (χ3v) is 8.40. The molecule has 3 aliphatic heterocycles. The quantitative estimate of drug-likeness (QED) is 0.609. The summed E-state index contributed by atoms with van der Waals surface area (Å²) in [5.41, 5.74) is 0.553. The van der Waals surface area contributed by atoms with Gasteiger partial charge in [0.05, 0.1) is 38.3 Å². The van der Waals surface area contributed by atoms with Gasteiger partial charge in [0.25, 0.3) is 5.91 Å². The normalized spacial score (nSPS) is 25.5. The zero-order valence-electron chi connectivity index (χ0n) is 21.0. The lowest BCUT2D eigenvalue weighted by Crippen LogP contribution is -2.58. The van der Waals surface area contributed by atoms with E-state index in [0.29, 0.717) is 36.8 Å². The first-order chi connectivity index (χ1) is 18.0. The van der Waals surface area contributed by atoms with Crippen LogP contribution in [0.5, 0.6) is 5.88 Å². The summed E-state index contributed by atoms with van der Waals surface area (Å²) < 4.78 is 24.8. The minimum atomic E-state index is -0.543. The molecule has 0 aromatic carbocycles. The number of H-pyrrole nitrogens is 1. The summed E-state index contributed by atoms with van der Waals surface area (Å²) in [6.07, 6.45) is 6.24. The van der Waals surface area contributed by atoms with Crippen LogP contribution in [0, 0.1) is 11.7 Å². The summed E-state index contributed by atoms with van der Waals surface area (Å²) in [5, 5.41) is 10.3. The molecular weight excluding hydrogens is 479 g/mol. The first-order valence-corrected chi connectivity index (χ1v) is 13.2. The first-order valence-electron chi connectivity index (χ1n) is 13.2. The fraction of sp³-hybridized carbons (Fsp3) is 0.615. The SMILES string of the molecule is COc1cc(-c2cc(C(=O)N3CCC(C(=O)NC4CCCN(C5COC5)C4)CC34CC4)[nH]n2)c(F)cn1. The van der Waals surface area contributed by atoms with Gasteiger partial charge >= 0.3 is 0 Å². The molecular formula is C26H33FN6O4. The maximum atomic E-state index is 14.3. The second kappa shape index (κ2) is 9.68. The number of aromatic amines is 1. The van der Waals surface area contributed by atoms with Crippen LogP contribution in [0.15, 0.2) is 18.3 Å². The highest BCUT2D eigenvalue weighted by Crippen LogP contribution is 2.50. The van der Waals surface area contributed by atoms with Gasteiger partial charge in [-0.15, -0.1) is 0 Å². The number of carbonyl (C=O) groups is 2. The monoisotopic (exact) mass is 512 g/mol. The second-order valence-electron chi connectivity index (χ2n) is 10.8. The number of methoxy groups -OCH3 is 1. The van der Waals surface area contributed by atoms with E-state index in [-0.39, 0.29) is 40.8 Å². The molecule has 11 heteroatoms. The van der Waals surface area contributed by atoms with Gasteiger partial charge in [0.1, 0.15) is 5.69 Å². The van der Waals surface area contributed by atoms with E-state index in [0.717, 1.165) is 58.2 Å². The van der Waals surface area contributed by atoms with Crippen LogP contribution < -0.4 is 10.1 Å². The maximum Gasteiger partial charge on any atom is 0.272 e. The number of hydrogen-bond donors (Lipinski definition) is 2. The van der Waals surface area contributed by atoms with Gasteiger partial charge in [-0.3, -0.25) is 19.6 Å². The molecule has 1 spiro atoms. The Morgan fingerprint density at radius 1 is 1.24 bits per heavy atom.